The zero-order valence-electron chi connectivity index (χ0n) is 13.1. The third kappa shape index (κ3) is 2.80. The maximum Gasteiger partial charge on any atom is 0.360 e. The number of benzene rings is 1. The van der Waals surface area contributed by atoms with E-state index in [1.807, 2.05) is 0 Å². The van der Waals surface area contributed by atoms with Crippen LogP contribution in [0.3, 0.4) is 0 Å². The van der Waals surface area contributed by atoms with Gasteiger partial charge in [-0.2, -0.15) is 0 Å². The molecule has 0 atom stereocenters. The zero-order chi connectivity index (χ0) is 17.3. The highest BCUT2D eigenvalue weighted by molar-refractivity contribution is 5.97. The zero-order valence-corrected chi connectivity index (χ0v) is 13.1. The van der Waals surface area contributed by atoms with Gasteiger partial charge in [0.2, 0.25) is 0 Å². The first kappa shape index (κ1) is 15.9. The van der Waals surface area contributed by atoms with E-state index in [9.17, 15) is 14.0 Å². The fourth-order valence-electron chi connectivity index (χ4n) is 2.46. The van der Waals surface area contributed by atoms with E-state index in [1.54, 1.807) is 4.90 Å². The van der Waals surface area contributed by atoms with Crippen LogP contribution in [-0.2, 0) is 4.74 Å². The molecular weight excluding hydrogens is 319 g/mol. The molecule has 126 valence electrons. The number of amides is 1. The van der Waals surface area contributed by atoms with Crippen molar-refractivity contribution in [2.24, 2.45) is 0 Å². The Morgan fingerprint density at radius 1 is 1.29 bits per heavy atom. The van der Waals surface area contributed by atoms with E-state index >= 15 is 0 Å². The number of nitrogens with zero attached hydrogens (tertiary/aromatic N) is 4. The molecule has 1 aromatic carbocycles. The number of aromatic nitrogens is 3. The van der Waals surface area contributed by atoms with Crippen molar-refractivity contribution >= 4 is 11.9 Å². The lowest BCUT2D eigenvalue weighted by atomic mass is 10.1. The molecule has 1 amide bonds. The van der Waals surface area contributed by atoms with Crippen LogP contribution in [-0.4, -0.2) is 59.1 Å². The van der Waals surface area contributed by atoms with Crippen LogP contribution in [0.25, 0.3) is 0 Å². The Kier molecular flexibility index (Phi) is 4.15. The lowest BCUT2D eigenvalue weighted by Crippen LogP contribution is -2.51. The summed E-state index contributed by atoms with van der Waals surface area (Å²) >= 11 is 0. The first-order valence-electron chi connectivity index (χ1n) is 7.16. The van der Waals surface area contributed by atoms with Gasteiger partial charge in [0.1, 0.15) is 11.6 Å². The second-order valence-electron chi connectivity index (χ2n) is 5.28. The second-order valence-corrected chi connectivity index (χ2v) is 5.28. The Morgan fingerprint density at radius 3 is 2.71 bits per heavy atom. The largest absolute Gasteiger partial charge is 0.496 e. The molecule has 9 heteroatoms. The highest BCUT2D eigenvalue weighted by Crippen LogP contribution is 2.27. The molecule has 1 aliphatic rings. The van der Waals surface area contributed by atoms with Crippen LogP contribution < -0.4 is 4.74 Å². The van der Waals surface area contributed by atoms with Crippen molar-refractivity contribution in [2.75, 3.05) is 27.3 Å². The lowest BCUT2D eigenvalue weighted by molar-refractivity contribution is 0.0493. The summed E-state index contributed by atoms with van der Waals surface area (Å²) < 4.78 is 24.6. The van der Waals surface area contributed by atoms with Crippen molar-refractivity contribution in [3.63, 3.8) is 0 Å². The molecule has 24 heavy (non-hydrogen) atoms. The van der Waals surface area contributed by atoms with E-state index in [0.29, 0.717) is 18.8 Å². The summed E-state index contributed by atoms with van der Waals surface area (Å²) in [6.07, 6.45) is 1.47. The fraction of sp³-hybridized carbons (Fsp3) is 0.333. The molecule has 1 aromatic heterocycles. The third-order valence-electron chi connectivity index (χ3n) is 3.82. The van der Waals surface area contributed by atoms with Crippen molar-refractivity contribution in [2.45, 2.75) is 6.04 Å². The molecule has 0 N–H and O–H groups in total. The average molecular weight is 334 g/mol. The van der Waals surface area contributed by atoms with Crippen LogP contribution in [0.4, 0.5) is 4.39 Å². The van der Waals surface area contributed by atoms with Gasteiger partial charge >= 0.3 is 5.97 Å². The molecule has 0 bridgehead atoms. The second kappa shape index (κ2) is 6.26. The monoisotopic (exact) mass is 334 g/mol. The topological polar surface area (TPSA) is 86.5 Å². The summed E-state index contributed by atoms with van der Waals surface area (Å²) in [5.41, 5.74) is 0.277. The first-order valence-corrected chi connectivity index (χ1v) is 7.16. The highest BCUT2D eigenvalue weighted by Gasteiger charge is 2.34. The minimum Gasteiger partial charge on any atom is -0.496 e. The number of carbonyl (C=O) groups excluding carboxylic acids is 2. The average Bonchev–Trinajstić information content (AvgIpc) is 3.02. The van der Waals surface area contributed by atoms with Crippen molar-refractivity contribution in [1.82, 2.24) is 19.9 Å². The number of hydrogen-bond donors (Lipinski definition) is 0. The number of esters is 1. The quantitative estimate of drug-likeness (QED) is 0.773. The maximum absolute atomic E-state index is 13.4. The van der Waals surface area contributed by atoms with Crippen LogP contribution in [0.15, 0.2) is 24.4 Å². The molecule has 0 radical (unpaired) electrons. The Balaban J connectivity index is 1.68. The summed E-state index contributed by atoms with van der Waals surface area (Å²) in [7, 11) is 2.68. The van der Waals surface area contributed by atoms with E-state index in [-0.39, 0.29) is 23.2 Å². The minimum absolute atomic E-state index is 0.0978. The van der Waals surface area contributed by atoms with Gasteiger partial charge in [0.05, 0.1) is 32.0 Å². The Morgan fingerprint density at radius 2 is 2.04 bits per heavy atom. The van der Waals surface area contributed by atoms with E-state index in [4.69, 9.17) is 4.74 Å². The molecule has 2 aromatic rings. The van der Waals surface area contributed by atoms with E-state index in [0.717, 1.165) is 6.07 Å². The van der Waals surface area contributed by atoms with Crippen LogP contribution >= 0.6 is 0 Å². The van der Waals surface area contributed by atoms with Gasteiger partial charge in [0.15, 0.2) is 5.69 Å². The summed E-state index contributed by atoms with van der Waals surface area (Å²) in [5, 5.41) is 7.59. The van der Waals surface area contributed by atoms with Crippen LogP contribution in [0.5, 0.6) is 5.75 Å². The number of carbonyl (C=O) groups is 2. The highest BCUT2D eigenvalue weighted by atomic mass is 19.1. The molecule has 8 nitrogen and oxygen atoms in total. The molecule has 3 rings (SSSR count). The van der Waals surface area contributed by atoms with Gasteiger partial charge in [-0.25, -0.2) is 13.9 Å². The number of likely N-dealkylation sites (tertiary alicyclic amines) is 1. The third-order valence-corrected chi connectivity index (χ3v) is 3.82. The van der Waals surface area contributed by atoms with Crippen LogP contribution in [0, 0.1) is 5.82 Å². The first-order chi connectivity index (χ1) is 11.5. The molecular formula is C15H15FN4O4. The lowest BCUT2D eigenvalue weighted by Gasteiger charge is -2.39. The van der Waals surface area contributed by atoms with Crippen molar-refractivity contribution in [1.29, 1.82) is 0 Å². The summed E-state index contributed by atoms with van der Waals surface area (Å²) in [5.74, 6) is -1.08. The van der Waals surface area contributed by atoms with Crippen molar-refractivity contribution in [3.05, 3.63) is 41.5 Å². The molecule has 1 saturated heterocycles. The normalized spacial score (nSPS) is 14.2. The maximum atomic E-state index is 13.4. The SMILES string of the molecule is COC(=O)c1cn(C2CN(C(=O)c3cc(F)ccc3OC)C2)nn1. The fourth-order valence-corrected chi connectivity index (χ4v) is 2.46. The van der Waals surface area contributed by atoms with Crippen molar-refractivity contribution in [3.8, 4) is 5.75 Å². The number of halogens is 1. The molecule has 2 heterocycles. The van der Waals surface area contributed by atoms with Gasteiger partial charge in [-0.1, -0.05) is 5.21 Å². The number of ether oxygens (including phenoxy) is 2. The molecule has 1 aliphatic heterocycles. The van der Waals surface area contributed by atoms with Crippen LogP contribution in [0.1, 0.15) is 26.9 Å². The van der Waals surface area contributed by atoms with Crippen LogP contribution in [0.2, 0.25) is 0 Å². The standard InChI is InChI=1S/C15H15FN4O4/c1-23-13-4-3-9(16)5-11(13)14(21)19-6-10(7-19)20-8-12(17-18-20)15(22)24-2/h3-5,8,10H,6-7H2,1-2H3. The van der Waals surface area contributed by atoms with Gasteiger partial charge in [-0.15, -0.1) is 5.10 Å². The predicted molar refractivity (Wildman–Crippen MR) is 79.3 cm³/mol. The molecule has 1 fully saturated rings. The Labute approximate surface area is 136 Å². The summed E-state index contributed by atoms with van der Waals surface area (Å²) in [6.45, 7) is 0.755. The Bertz CT molecular complexity index is 786. The Hall–Kier alpha value is -2.97. The van der Waals surface area contributed by atoms with Gasteiger partial charge in [-0.05, 0) is 18.2 Å². The smallest absolute Gasteiger partial charge is 0.360 e. The van der Waals surface area contributed by atoms with Gasteiger partial charge in [0.25, 0.3) is 5.91 Å². The van der Waals surface area contributed by atoms with Gasteiger partial charge in [0, 0.05) is 13.1 Å². The number of hydrogen-bond acceptors (Lipinski definition) is 6. The minimum atomic E-state index is -0.571. The molecule has 0 saturated carbocycles. The number of rotatable bonds is 4. The van der Waals surface area contributed by atoms with Gasteiger partial charge < -0.3 is 14.4 Å². The molecule has 0 unspecified atom stereocenters. The number of methoxy groups -OCH3 is 2. The van der Waals surface area contributed by atoms with E-state index < -0.39 is 11.8 Å². The van der Waals surface area contributed by atoms with E-state index in [2.05, 4.69) is 15.0 Å². The van der Waals surface area contributed by atoms with Crippen molar-refractivity contribution < 1.29 is 23.5 Å². The summed E-state index contributed by atoms with van der Waals surface area (Å²) in [6, 6.07) is 3.71. The summed E-state index contributed by atoms with van der Waals surface area (Å²) in [4.78, 5) is 25.4. The molecule has 0 aliphatic carbocycles. The van der Waals surface area contributed by atoms with Gasteiger partial charge in [-0.3, -0.25) is 4.79 Å². The molecule has 0 spiro atoms. The predicted octanol–water partition coefficient (Wildman–Crippen LogP) is 0.910. The van der Waals surface area contributed by atoms with E-state index in [1.165, 1.54) is 37.2 Å².